The molecule has 0 unspecified atom stereocenters. The number of hydrogen-bond acceptors (Lipinski definition) is 3. The minimum Gasteiger partial charge on any atom is -0.495 e. The van der Waals surface area contributed by atoms with Gasteiger partial charge >= 0.3 is 0 Å². The number of rotatable bonds is 9. The molecule has 1 aromatic rings. The maximum Gasteiger partial charge on any atom is 0.137 e. The van der Waals surface area contributed by atoms with E-state index in [2.05, 4.69) is 19.2 Å². The third-order valence-corrected chi connectivity index (χ3v) is 2.93. The van der Waals surface area contributed by atoms with Gasteiger partial charge in [0.25, 0.3) is 0 Å². The number of ether oxygens (including phenoxy) is 2. The van der Waals surface area contributed by atoms with Crippen LogP contribution >= 0.6 is 11.6 Å². The van der Waals surface area contributed by atoms with E-state index in [9.17, 15) is 0 Å². The third-order valence-electron chi connectivity index (χ3n) is 2.64. The average Bonchev–Trinajstić information content (AvgIpc) is 2.37. The fourth-order valence-corrected chi connectivity index (χ4v) is 1.95. The standard InChI is InChI=1S/C15H24ClNO2/c1-12(2)11-19-8-4-7-17-10-13-5-6-15(18-3)14(16)9-13/h5-6,9,12,17H,4,7-8,10-11H2,1-3H3. The van der Waals surface area contributed by atoms with Crippen LogP contribution in [0.1, 0.15) is 25.8 Å². The van der Waals surface area contributed by atoms with Crippen molar-refractivity contribution < 1.29 is 9.47 Å². The molecule has 0 aromatic heterocycles. The Morgan fingerprint density at radius 1 is 1.32 bits per heavy atom. The zero-order chi connectivity index (χ0) is 14.1. The lowest BCUT2D eigenvalue weighted by Gasteiger charge is -2.09. The summed E-state index contributed by atoms with van der Waals surface area (Å²) in [6.45, 7) is 7.73. The lowest BCUT2D eigenvalue weighted by Crippen LogP contribution is -2.17. The molecule has 0 heterocycles. The number of benzene rings is 1. The molecule has 1 rings (SSSR count). The summed E-state index contributed by atoms with van der Waals surface area (Å²) in [6.07, 6.45) is 1.02. The molecular weight excluding hydrogens is 262 g/mol. The van der Waals surface area contributed by atoms with Crippen molar-refractivity contribution in [2.75, 3.05) is 26.9 Å². The summed E-state index contributed by atoms with van der Waals surface area (Å²) in [6, 6.07) is 5.85. The van der Waals surface area contributed by atoms with Gasteiger partial charge in [-0.1, -0.05) is 31.5 Å². The first kappa shape index (κ1) is 16.3. The Labute approximate surface area is 121 Å². The Bertz CT molecular complexity index is 369. The zero-order valence-corrected chi connectivity index (χ0v) is 12.8. The summed E-state index contributed by atoms with van der Waals surface area (Å²) in [5.74, 6) is 1.32. The van der Waals surface area contributed by atoms with Crippen LogP contribution in [0.25, 0.3) is 0 Å². The van der Waals surface area contributed by atoms with Crippen molar-refractivity contribution in [1.82, 2.24) is 5.32 Å². The topological polar surface area (TPSA) is 30.5 Å². The smallest absolute Gasteiger partial charge is 0.137 e. The van der Waals surface area contributed by atoms with E-state index in [0.29, 0.717) is 16.7 Å². The summed E-state index contributed by atoms with van der Waals surface area (Å²) in [7, 11) is 1.62. The van der Waals surface area contributed by atoms with Gasteiger partial charge in [0.15, 0.2) is 0 Å². The molecule has 0 aliphatic rings. The lowest BCUT2D eigenvalue weighted by atomic mass is 10.2. The van der Waals surface area contributed by atoms with Gasteiger partial charge in [-0.15, -0.1) is 0 Å². The van der Waals surface area contributed by atoms with Gasteiger partial charge in [0.1, 0.15) is 5.75 Å². The van der Waals surface area contributed by atoms with Crippen LogP contribution in [0, 0.1) is 5.92 Å². The molecule has 0 saturated heterocycles. The normalized spacial score (nSPS) is 11.0. The van der Waals surface area contributed by atoms with Gasteiger partial charge in [0.05, 0.1) is 12.1 Å². The highest BCUT2D eigenvalue weighted by Crippen LogP contribution is 2.24. The highest BCUT2D eigenvalue weighted by atomic mass is 35.5. The molecule has 0 radical (unpaired) electrons. The number of nitrogens with one attached hydrogen (secondary N) is 1. The van der Waals surface area contributed by atoms with Crippen LogP contribution in [0.15, 0.2) is 18.2 Å². The quantitative estimate of drug-likeness (QED) is 0.705. The van der Waals surface area contributed by atoms with Crippen LogP contribution in [-0.4, -0.2) is 26.9 Å². The third kappa shape index (κ3) is 6.81. The Kier molecular flexibility index (Phi) is 7.87. The predicted octanol–water partition coefficient (Wildman–Crippen LogP) is 3.50. The number of methoxy groups -OCH3 is 1. The molecule has 0 spiro atoms. The van der Waals surface area contributed by atoms with E-state index in [1.54, 1.807) is 7.11 Å². The second-order valence-corrected chi connectivity index (χ2v) is 5.38. The Morgan fingerprint density at radius 3 is 2.74 bits per heavy atom. The highest BCUT2D eigenvalue weighted by Gasteiger charge is 2.01. The zero-order valence-electron chi connectivity index (χ0n) is 12.0. The predicted molar refractivity (Wildman–Crippen MR) is 80.0 cm³/mol. The van der Waals surface area contributed by atoms with Crippen molar-refractivity contribution in [1.29, 1.82) is 0 Å². The molecule has 0 aliphatic carbocycles. The molecule has 0 aliphatic heterocycles. The molecule has 1 N–H and O–H groups in total. The molecule has 108 valence electrons. The first-order chi connectivity index (χ1) is 9.13. The van der Waals surface area contributed by atoms with Crippen LogP contribution in [0.2, 0.25) is 5.02 Å². The largest absolute Gasteiger partial charge is 0.495 e. The van der Waals surface area contributed by atoms with Crippen LogP contribution in [0.3, 0.4) is 0 Å². The fraction of sp³-hybridized carbons (Fsp3) is 0.600. The summed E-state index contributed by atoms with van der Waals surface area (Å²) in [5.41, 5.74) is 1.16. The van der Waals surface area contributed by atoms with Crippen molar-refractivity contribution in [3.05, 3.63) is 28.8 Å². The first-order valence-corrected chi connectivity index (χ1v) is 7.12. The van der Waals surface area contributed by atoms with E-state index < -0.39 is 0 Å². The highest BCUT2D eigenvalue weighted by molar-refractivity contribution is 6.32. The van der Waals surface area contributed by atoms with E-state index in [-0.39, 0.29) is 0 Å². The van der Waals surface area contributed by atoms with E-state index in [4.69, 9.17) is 21.1 Å². The van der Waals surface area contributed by atoms with Crippen molar-refractivity contribution in [2.45, 2.75) is 26.8 Å². The molecule has 4 heteroatoms. The van der Waals surface area contributed by atoms with Gasteiger partial charge in [0.2, 0.25) is 0 Å². The van der Waals surface area contributed by atoms with Crippen molar-refractivity contribution in [3.63, 3.8) is 0 Å². The number of halogens is 1. The van der Waals surface area contributed by atoms with Gasteiger partial charge in [-0.05, 0) is 36.6 Å². The maximum atomic E-state index is 6.07. The minimum atomic E-state index is 0.606. The molecule has 3 nitrogen and oxygen atoms in total. The second-order valence-electron chi connectivity index (χ2n) is 4.97. The minimum absolute atomic E-state index is 0.606. The molecule has 0 atom stereocenters. The van der Waals surface area contributed by atoms with Crippen molar-refractivity contribution >= 4 is 11.6 Å². The monoisotopic (exact) mass is 285 g/mol. The van der Waals surface area contributed by atoms with E-state index in [1.165, 1.54) is 0 Å². The van der Waals surface area contributed by atoms with Crippen LogP contribution in [0.4, 0.5) is 0 Å². The Balaban J connectivity index is 2.14. The molecule has 0 bridgehead atoms. The lowest BCUT2D eigenvalue weighted by molar-refractivity contribution is 0.108. The van der Waals surface area contributed by atoms with E-state index in [0.717, 1.165) is 38.3 Å². The van der Waals surface area contributed by atoms with Crippen LogP contribution in [0.5, 0.6) is 5.75 Å². The first-order valence-electron chi connectivity index (χ1n) is 6.74. The fourth-order valence-electron chi connectivity index (χ4n) is 1.67. The van der Waals surface area contributed by atoms with Crippen molar-refractivity contribution in [2.24, 2.45) is 5.92 Å². The molecule has 0 amide bonds. The van der Waals surface area contributed by atoms with Gasteiger partial charge < -0.3 is 14.8 Å². The summed E-state index contributed by atoms with van der Waals surface area (Å²) in [5, 5.41) is 4.03. The van der Waals surface area contributed by atoms with Gasteiger partial charge in [-0.25, -0.2) is 0 Å². The Hall–Kier alpha value is -0.770. The van der Waals surface area contributed by atoms with Gasteiger partial charge in [0, 0.05) is 19.8 Å². The molecule has 0 saturated carbocycles. The van der Waals surface area contributed by atoms with Gasteiger partial charge in [-0.2, -0.15) is 0 Å². The second kappa shape index (κ2) is 9.18. The van der Waals surface area contributed by atoms with Crippen LogP contribution in [-0.2, 0) is 11.3 Å². The summed E-state index contributed by atoms with van der Waals surface area (Å²) >= 11 is 6.07. The summed E-state index contributed by atoms with van der Waals surface area (Å²) < 4.78 is 10.6. The molecule has 0 fully saturated rings. The molecular formula is C15H24ClNO2. The van der Waals surface area contributed by atoms with E-state index in [1.807, 2.05) is 18.2 Å². The molecule has 19 heavy (non-hydrogen) atoms. The number of hydrogen-bond donors (Lipinski definition) is 1. The van der Waals surface area contributed by atoms with E-state index >= 15 is 0 Å². The molecule has 1 aromatic carbocycles. The van der Waals surface area contributed by atoms with Crippen LogP contribution < -0.4 is 10.1 Å². The average molecular weight is 286 g/mol. The Morgan fingerprint density at radius 2 is 2.11 bits per heavy atom. The van der Waals surface area contributed by atoms with Crippen molar-refractivity contribution in [3.8, 4) is 5.75 Å². The SMILES string of the molecule is COc1ccc(CNCCCOCC(C)C)cc1Cl. The maximum absolute atomic E-state index is 6.07. The van der Waals surface area contributed by atoms with Gasteiger partial charge in [-0.3, -0.25) is 0 Å². The summed E-state index contributed by atoms with van der Waals surface area (Å²) in [4.78, 5) is 0.